The van der Waals surface area contributed by atoms with Crippen LogP contribution in [0.1, 0.15) is 0 Å². The first-order chi connectivity index (χ1) is 8.47. The van der Waals surface area contributed by atoms with E-state index in [1.807, 2.05) is 0 Å². The van der Waals surface area contributed by atoms with E-state index in [1.165, 1.54) is 18.2 Å². The summed E-state index contributed by atoms with van der Waals surface area (Å²) in [4.78, 5) is 0. The number of anilines is 3. The molecule has 0 aliphatic carbocycles. The molecule has 2 aromatic carbocycles. The first kappa shape index (κ1) is 12.8. The van der Waals surface area contributed by atoms with Gasteiger partial charge in [0.15, 0.2) is 5.82 Å². The smallest absolute Gasteiger partial charge is 0.151 e. The molecule has 0 atom stereocenters. The highest BCUT2D eigenvalue weighted by atomic mass is 79.9. The minimum atomic E-state index is -0.895. The molecule has 0 bridgehead atoms. The third-order valence-electron chi connectivity index (χ3n) is 2.29. The van der Waals surface area contributed by atoms with Gasteiger partial charge in [0.05, 0.1) is 17.1 Å². The van der Waals surface area contributed by atoms with Crippen LogP contribution < -0.4 is 11.1 Å². The molecule has 0 aromatic heterocycles. The summed E-state index contributed by atoms with van der Waals surface area (Å²) in [6, 6.07) is 5.84. The van der Waals surface area contributed by atoms with Crippen molar-refractivity contribution in [3.05, 3.63) is 52.3 Å². The van der Waals surface area contributed by atoms with E-state index in [4.69, 9.17) is 5.73 Å². The zero-order valence-corrected chi connectivity index (χ0v) is 10.6. The average molecular weight is 317 g/mol. The molecule has 0 spiro atoms. The lowest BCUT2D eigenvalue weighted by molar-refractivity contribution is 0.587. The Bertz CT molecular complexity index is 602. The van der Waals surface area contributed by atoms with Crippen molar-refractivity contribution in [3.63, 3.8) is 0 Å². The Labute approximate surface area is 110 Å². The zero-order valence-electron chi connectivity index (χ0n) is 8.98. The summed E-state index contributed by atoms with van der Waals surface area (Å²) in [7, 11) is 0. The number of nitrogens with two attached hydrogens (primary N) is 1. The molecule has 0 aliphatic rings. The number of hydrogen-bond donors (Lipinski definition) is 2. The van der Waals surface area contributed by atoms with Crippen LogP contribution in [0.4, 0.5) is 30.2 Å². The molecule has 2 aromatic rings. The summed E-state index contributed by atoms with van der Waals surface area (Å²) >= 11 is 3.17. The van der Waals surface area contributed by atoms with Crippen molar-refractivity contribution in [2.75, 3.05) is 11.1 Å². The quantitative estimate of drug-likeness (QED) is 0.815. The Morgan fingerprint density at radius 2 is 1.67 bits per heavy atom. The summed E-state index contributed by atoms with van der Waals surface area (Å²) in [5.41, 5.74) is 5.23. The summed E-state index contributed by atoms with van der Waals surface area (Å²) in [6.07, 6.45) is 0. The van der Waals surface area contributed by atoms with Crippen molar-refractivity contribution in [1.29, 1.82) is 0 Å². The Morgan fingerprint density at radius 3 is 2.39 bits per heavy atom. The maximum atomic E-state index is 13.5. The Morgan fingerprint density at radius 1 is 0.944 bits per heavy atom. The third-order valence-corrected chi connectivity index (χ3v) is 2.79. The monoisotopic (exact) mass is 316 g/mol. The van der Waals surface area contributed by atoms with Crippen molar-refractivity contribution in [2.24, 2.45) is 0 Å². The molecule has 0 radical (unpaired) electrons. The minimum absolute atomic E-state index is 0.0236. The van der Waals surface area contributed by atoms with Crippen LogP contribution in [0.3, 0.4) is 0 Å². The second-order valence-corrected chi connectivity index (χ2v) is 4.51. The van der Waals surface area contributed by atoms with Gasteiger partial charge in [-0.25, -0.2) is 13.2 Å². The highest BCUT2D eigenvalue weighted by Crippen LogP contribution is 2.29. The van der Waals surface area contributed by atoms with Gasteiger partial charge in [0, 0.05) is 10.5 Å². The van der Waals surface area contributed by atoms with E-state index in [0.29, 0.717) is 10.5 Å². The van der Waals surface area contributed by atoms with Crippen LogP contribution in [0.5, 0.6) is 0 Å². The molecule has 0 fully saturated rings. The van der Waals surface area contributed by atoms with E-state index in [9.17, 15) is 13.2 Å². The van der Waals surface area contributed by atoms with E-state index in [-0.39, 0.29) is 17.1 Å². The molecule has 2 rings (SSSR count). The molecular formula is C12H8BrF3N2. The van der Waals surface area contributed by atoms with Crippen LogP contribution in [0.2, 0.25) is 0 Å². The van der Waals surface area contributed by atoms with E-state index in [0.717, 1.165) is 6.07 Å². The molecule has 94 valence electrons. The predicted octanol–water partition coefficient (Wildman–Crippen LogP) is 4.19. The van der Waals surface area contributed by atoms with Gasteiger partial charge in [0.2, 0.25) is 0 Å². The molecule has 0 heterocycles. The van der Waals surface area contributed by atoms with Crippen molar-refractivity contribution < 1.29 is 13.2 Å². The SMILES string of the molecule is Nc1c(F)cc(F)cc1Nc1cc(Br)ccc1F. The molecule has 0 saturated heterocycles. The maximum Gasteiger partial charge on any atom is 0.151 e. The van der Waals surface area contributed by atoms with Crippen LogP contribution >= 0.6 is 15.9 Å². The molecule has 18 heavy (non-hydrogen) atoms. The number of halogens is 4. The van der Waals surface area contributed by atoms with Crippen molar-refractivity contribution in [2.45, 2.75) is 0 Å². The second-order valence-electron chi connectivity index (χ2n) is 3.60. The largest absolute Gasteiger partial charge is 0.395 e. The van der Waals surface area contributed by atoms with Gasteiger partial charge in [0.1, 0.15) is 11.6 Å². The Kier molecular flexibility index (Phi) is 3.47. The first-order valence-electron chi connectivity index (χ1n) is 4.94. The van der Waals surface area contributed by atoms with Crippen LogP contribution in [0.15, 0.2) is 34.8 Å². The van der Waals surface area contributed by atoms with Crippen LogP contribution in [-0.2, 0) is 0 Å². The van der Waals surface area contributed by atoms with Gasteiger partial charge in [-0.15, -0.1) is 0 Å². The number of rotatable bonds is 2. The van der Waals surface area contributed by atoms with Gasteiger partial charge in [-0.1, -0.05) is 15.9 Å². The Balaban J connectivity index is 2.43. The van der Waals surface area contributed by atoms with Crippen molar-refractivity contribution >= 4 is 33.0 Å². The highest BCUT2D eigenvalue weighted by molar-refractivity contribution is 9.10. The van der Waals surface area contributed by atoms with Gasteiger partial charge < -0.3 is 11.1 Å². The second kappa shape index (κ2) is 4.89. The fourth-order valence-corrected chi connectivity index (χ4v) is 1.79. The number of benzene rings is 2. The normalized spacial score (nSPS) is 10.4. The molecule has 0 aliphatic heterocycles. The summed E-state index contributed by atoms with van der Waals surface area (Å²) < 4.78 is 40.4. The predicted molar refractivity (Wildman–Crippen MR) is 68.2 cm³/mol. The number of nitrogen functional groups attached to an aromatic ring is 1. The van der Waals surface area contributed by atoms with E-state index >= 15 is 0 Å². The fourth-order valence-electron chi connectivity index (χ4n) is 1.43. The summed E-state index contributed by atoms with van der Waals surface area (Å²) in [5.74, 6) is -2.24. The van der Waals surface area contributed by atoms with E-state index in [2.05, 4.69) is 21.2 Å². The number of nitrogens with one attached hydrogen (secondary N) is 1. The molecule has 2 nitrogen and oxygen atoms in total. The average Bonchev–Trinajstić information content (AvgIpc) is 2.30. The molecular weight excluding hydrogens is 309 g/mol. The van der Waals surface area contributed by atoms with Crippen molar-refractivity contribution in [3.8, 4) is 0 Å². The van der Waals surface area contributed by atoms with Gasteiger partial charge in [0.25, 0.3) is 0 Å². The zero-order chi connectivity index (χ0) is 13.3. The molecule has 3 N–H and O–H groups in total. The van der Waals surface area contributed by atoms with Gasteiger partial charge in [-0.3, -0.25) is 0 Å². The first-order valence-corrected chi connectivity index (χ1v) is 5.73. The Hall–Kier alpha value is -1.69. The van der Waals surface area contributed by atoms with Crippen molar-refractivity contribution in [1.82, 2.24) is 0 Å². The van der Waals surface area contributed by atoms with Gasteiger partial charge in [-0.05, 0) is 24.3 Å². The van der Waals surface area contributed by atoms with E-state index in [1.54, 1.807) is 0 Å². The van der Waals surface area contributed by atoms with Gasteiger partial charge in [-0.2, -0.15) is 0 Å². The lowest BCUT2D eigenvalue weighted by Crippen LogP contribution is -2.01. The van der Waals surface area contributed by atoms with Gasteiger partial charge >= 0.3 is 0 Å². The lowest BCUT2D eigenvalue weighted by atomic mass is 10.2. The fraction of sp³-hybridized carbons (Fsp3) is 0. The van der Waals surface area contributed by atoms with Crippen LogP contribution in [0.25, 0.3) is 0 Å². The maximum absolute atomic E-state index is 13.5. The topological polar surface area (TPSA) is 38.0 Å². The van der Waals surface area contributed by atoms with Crippen LogP contribution in [0, 0.1) is 17.5 Å². The highest BCUT2D eigenvalue weighted by Gasteiger charge is 2.10. The molecule has 0 unspecified atom stereocenters. The summed E-state index contributed by atoms with van der Waals surface area (Å²) in [5, 5.41) is 2.55. The number of hydrogen-bond acceptors (Lipinski definition) is 2. The standard InChI is InChI=1S/C12H8BrF3N2/c13-6-1-2-8(15)10(3-6)18-11-5-7(14)4-9(16)12(11)17/h1-5,18H,17H2. The van der Waals surface area contributed by atoms with Crippen LogP contribution in [-0.4, -0.2) is 0 Å². The molecule has 6 heteroatoms. The minimum Gasteiger partial charge on any atom is -0.395 e. The summed E-state index contributed by atoms with van der Waals surface area (Å²) in [6.45, 7) is 0. The molecule has 0 amide bonds. The lowest BCUT2D eigenvalue weighted by Gasteiger charge is -2.11. The third kappa shape index (κ3) is 2.59. The molecule has 0 saturated carbocycles. The van der Waals surface area contributed by atoms with E-state index < -0.39 is 17.5 Å².